The second-order valence-corrected chi connectivity index (χ2v) is 9.93. The first-order chi connectivity index (χ1) is 16.2. The molecule has 0 spiro atoms. The average molecular weight is 467 g/mol. The number of hydrogen-bond donors (Lipinski definition) is 1. The number of amides is 1. The van der Waals surface area contributed by atoms with Gasteiger partial charge in [0.05, 0.1) is 29.5 Å². The van der Waals surface area contributed by atoms with E-state index in [4.69, 9.17) is 0 Å². The van der Waals surface area contributed by atoms with Gasteiger partial charge in [-0.15, -0.1) is 0 Å². The molecule has 2 saturated heterocycles. The number of aryl methyl sites for hydroxylation is 1. The number of hydrogen-bond acceptors (Lipinski definition) is 7. The van der Waals surface area contributed by atoms with Crippen molar-refractivity contribution >= 4 is 23.3 Å². The molecule has 2 aliphatic heterocycles. The fourth-order valence-corrected chi connectivity index (χ4v) is 4.57. The lowest BCUT2D eigenvalue weighted by Crippen LogP contribution is -2.57. The molecule has 0 saturated carbocycles. The summed E-state index contributed by atoms with van der Waals surface area (Å²) in [6.07, 6.45) is 5.06. The number of likely N-dealkylation sites (N-methyl/N-ethyl adjacent to an activating group) is 1. The van der Waals surface area contributed by atoms with Gasteiger partial charge < -0.3 is 24.4 Å². The molecule has 1 amide bonds. The summed E-state index contributed by atoms with van der Waals surface area (Å²) in [5.41, 5.74) is 2.26. The van der Waals surface area contributed by atoms with Crippen LogP contribution in [0.3, 0.4) is 0 Å². The Balaban J connectivity index is 1.24. The first-order valence-corrected chi connectivity index (χ1v) is 11.7. The molecule has 180 valence electrons. The van der Waals surface area contributed by atoms with E-state index in [9.17, 15) is 9.18 Å². The number of piperazine rings is 1. The lowest BCUT2D eigenvalue weighted by Gasteiger charge is -2.41. The number of rotatable bonds is 5. The van der Waals surface area contributed by atoms with Gasteiger partial charge in [-0.3, -0.25) is 4.79 Å². The summed E-state index contributed by atoms with van der Waals surface area (Å²) in [6, 6.07) is 3.98. The molecular weight excluding hydrogens is 435 g/mol. The molecule has 3 aromatic rings. The summed E-state index contributed by atoms with van der Waals surface area (Å²) in [6.45, 7) is 10.3. The van der Waals surface area contributed by atoms with Gasteiger partial charge in [0.15, 0.2) is 11.6 Å². The molecule has 2 aliphatic rings. The molecule has 3 aromatic heterocycles. The number of anilines is 2. The van der Waals surface area contributed by atoms with E-state index in [2.05, 4.69) is 37.1 Å². The minimum absolute atomic E-state index is 0.0578. The number of carbonyl (C=O) groups is 1. The Labute approximate surface area is 198 Å². The van der Waals surface area contributed by atoms with Crippen LogP contribution in [0.15, 0.2) is 30.7 Å². The minimum Gasteiger partial charge on any atom is -0.352 e. The Kier molecular flexibility index (Phi) is 5.63. The summed E-state index contributed by atoms with van der Waals surface area (Å²) < 4.78 is 16.5. The van der Waals surface area contributed by atoms with Gasteiger partial charge in [-0.25, -0.2) is 14.4 Å². The van der Waals surface area contributed by atoms with Gasteiger partial charge in [-0.05, 0) is 39.4 Å². The molecule has 10 heteroatoms. The summed E-state index contributed by atoms with van der Waals surface area (Å²) >= 11 is 0. The Morgan fingerprint density at radius 1 is 1.09 bits per heavy atom. The van der Waals surface area contributed by atoms with Crippen molar-refractivity contribution < 1.29 is 9.18 Å². The summed E-state index contributed by atoms with van der Waals surface area (Å²) in [4.78, 5) is 32.3. The van der Waals surface area contributed by atoms with E-state index < -0.39 is 11.4 Å². The minimum atomic E-state index is -0.612. The largest absolute Gasteiger partial charge is 0.352 e. The molecule has 0 bridgehead atoms. The summed E-state index contributed by atoms with van der Waals surface area (Å²) in [5, 5.41) is 3.16. The van der Waals surface area contributed by atoms with Crippen molar-refractivity contribution in [2.24, 2.45) is 5.92 Å². The van der Waals surface area contributed by atoms with Gasteiger partial charge >= 0.3 is 0 Å². The van der Waals surface area contributed by atoms with Crippen LogP contribution in [0.1, 0.15) is 25.1 Å². The topological polar surface area (TPSA) is 81.9 Å². The van der Waals surface area contributed by atoms with E-state index in [0.717, 1.165) is 43.1 Å². The second-order valence-electron chi connectivity index (χ2n) is 9.93. The van der Waals surface area contributed by atoms with Gasteiger partial charge in [0.1, 0.15) is 5.65 Å². The standard InChI is InChI=1S/C24H31FN8O/c1-16-5-6-20-26-12-19(33(20)13-16)24(2,3)29-22(34)17-14-32(15-17)21-18(25)11-27-23(28-21)31-9-7-30(4)8-10-31/h5-6,11-13,17H,7-10,14-15H2,1-4H3,(H,29,34). The van der Waals surface area contributed by atoms with E-state index in [0.29, 0.717) is 19.0 Å². The number of pyridine rings is 1. The number of nitrogens with zero attached hydrogens (tertiary/aromatic N) is 7. The van der Waals surface area contributed by atoms with Crippen molar-refractivity contribution in [2.75, 3.05) is 56.1 Å². The van der Waals surface area contributed by atoms with Gasteiger partial charge in [-0.1, -0.05) is 6.07 Å². The van der Waals surface area contributed by atoms with Crippen molar-refractivity contribution in [3.05, 3.63) is 47.8 Å². The molecule has 34 heavy (non-hydrogen) atoms. The lowest BCUT2D eigenvalue weighted by molar-refractivity contribution is -0.127. The third-order valence-corrected chi connectivity index (χ3v) is 6.78. The molecule has 0 unspecified atom stereocenters. The zero-order valence-corrected chi connectivity index (χ0v) is 20.1. The number of imidazole rings is 1. The van der Waals surface area contributed by atoms with Crippen LogP contribution in [0.2, 0.25) is 0 Å². The highest BCUT2D eigenvalue weighted by molar-refractivity contribution is 5.82. The predicted molar refractivity (Wildman–Crippen MR) is 129 cm³/mol. The summed E-state index contributed by atoms with van der Waals surface area (Å²) in [5.74, 6) is 0.0587. The average Bonchev–Trinajstić information content (AvgIpc) is 3.18. The molecule has 0 radical (unpaired) electrons. The molecule has 0 aromatic carbocycles. The molecule has 5 rings (SSSR count). The van der Waals surface area contributed by atoms with E-state index >= 15 is 0 Å². The molecule has 5 heterocycles. The summed E-state index contributed by atoms with van der Waals surface area (Å²) in [7, 11) is 2.08. The predicted octanol–water partition coefficient (Wildman–Crippen LogP) is 1.81. The van der Waals surface area contributed by atoms with Gasteiger partial charge in [0, 0.05) is 45.5 Å². The van der Waals surface area contributed by atoms with Crippen molar-refractivity contribution in [3.8, 4) is 0 Å². The Morgan fingerprint density at radius 2 is 1.82 bits per heavy atom. The van der Waals surface area contributed by atoms with Crippen LogP contribution < -0.4 is 15.1 Å². The third-order valence-electron chi connectivity index (χ3n) is 6.78. The van der Waals surface area contributed by atoms with Gasteiger partial charge in [-0.2, -0.15) is 4.98 Å². The monoisotopic (exact) mass is 466 g/mol. The van der Waals surface area contributed by atoms with Crippen molar-refractivity contribution in [2.45, 2.75) is 26.3 Å². The maximum absolute atomic E-state index is 14.5. The van der Waals surface area contributed by atoms with Crippen molar-refractivity contribution in [1.29, 1.82) is 0 Å². The molecule has 2 fully saturated rings. The lowest BCUT2D eigenvalue weighted by atomic mass is 9.95. The Bertz CT molecular complexity index is 1210. The highest BCUT2D eigenvalue weighted by Gasteiger charge is 2.38. The van der Waals surface area contributed by atoms with E-state index in [-0.39, 0.29) is 17.6 Å². The number of carbonyl (C=O) groups excluding carboxylic acids is 1. The Hall–Kier alpha value is -3.27. The van der Waals surface area contributed by atoms with Crippen LogP contribution in [0.4, 0.5) is 16.2 Å². The molecular formula is C24H31FN8O. The van der Waals surface area contributed by atoms with Crippen molar-refractivity contribution in [3.63, 3.8) is 0 Å². The third kappa shape index (κ3) is 4.18. The number of halogens is 1. The van der Waals surface area contributed by atoms with Crippen molar-refractivity contribution in [1.82, 2.24) is 29.6 Å². The van der Waals surface area contributed by atoms with E-state index in [1.54, 1.807) is 6.20 Å². The van der Waals surface area contributed by atoms with Crippen LogP contribution in [0.5, 0.6) is 0 Å². The molecule has 9 nitrogen and oxygen atoms in total. The zero-order valence-electron chi connectivity index (χ0n) is 20.1. The van der Waals surface area contributed by atoms with Gasteiger partial charge in [0.25, 0.3) is 0 Å². The second kappa shape index (κ2) is 8.50. The van der Waals surface area contributed by atoms with Crippen LogP contribution in [0, 0.1) is 18.7 Å². The quantitative estimate of drug-likeness (QED) is 0.614. The smallest absolute Gasteiger partial charge is 0.227 e. The first kappa shape index (κ1) is 22.5. The Morgan fingerprint density at radius 3 is 2.56 bits per heavy atom. The number of aromatic nitrogens is 4. The molecule has 0 aliphatic carbocycles. The van der Waals surface area contributed by atoms with E-state index in [1.807, 2.05) is 48.4 Å². The first-order valence-electron chi connectivity index (χ1n) is 11.7. The van der Waals surface area contributed by atoms with Gasteiger partial charge in [0.2, 0.25) is 11.9 Å². The normalized spacial score (nSPS) is 17.8. The van der Waals surface area contributed by atoms with Crippen LogP contribution in [0.25, 0.3) is 5.65 Å². The molecule has 1 N–H and O–H groups in total. The SMILES string of the molecule is Cc1ccc2ncc(C(C)(C)NC(=O)C3CN(c4nc(N5CCN(C)CC5)ncc4F)C3)n2c1. The number of fused-ring (bicyclic) bond motifs is 1. The fraction of sp³-hybridized carbons (Fsp3) is 0.500. The highest BCUT2D eigenvalue weighted by atomic mass is 19.1. The maximum atomic E-state index is 14.5. The van der Waals surface area contributed by atoms with Crippen LogP contribution in [-0.2, 0) is 10.3 Å². The maximum Gasteiger partial charge on any atom is 0.227 e. The fourth-order valence-electron chi connectivity index (χ4n) is 4.57. The van der Waals surface area contributed by atoms with E-state index in [1.165, 1.54) is 6.20 Å². The molecule has 0 atom stereocenters. The highest BCUT2D eigenvalue weighted by Crippen LogP contribution is 2.29. The zero-order chi connectivity index (χ0) is 24.0. The number of nitrogens with one attached hydrogen (secondary N) is 1. The van der Waals surface area contributed by atoms with Crippen LogP contribution in [-0.4, -0.2) is 76.5 Å². The van der Waals surface area contributed by atoms with Crippen LogP contribution >= 0.6 is 0 Å².